The van der Waals surface area contributed by atoms with E-state index in [1.807, 2.05) is 31.2 Å². The molecule has 0 aliphatic carbocycles. The Kier molecular flexibility index (Phi) is 2.08. The molecule has 0 spiro atoms. The van der Waals surface area contributed by atoms with E-state index in [-0.39, 0.29) is 0 Å². The number of rotatable bonds is 1. The van der Waals surface area contributed by atoms with Gasteiger partial charge in [-0.25, -0.2) is 9.36 Å². The summed E-state index contributed by atoms with van der Waals surface area (Å²) in [6, 6.07) is 7.55. The van der Waals surface area contributed by atoms with E-state index in [0.29, 0.717) is 10.8 Å². The number of aryl methyl sites for hydroxylation is 1. The third-order valence-electron chi connectivity index (χ3n) is 2.28. The minimum absolute atomic E-state index is 0.306. The van der Waals surface area contributed by atoms with Crippen molar-refractivity contribution in [2.75, 3.05) is 0 Å². The fourth-order valence-corrected chi connectivity index (χ4v) is 1.40. The lowest BCUT2D eigenvalue weighted by molar-refractivity contribution is 0.479. The molecule has 0 aliphatic rings. The molecule has 2 rings (SSSR count). The molecule has 0 radical (unpaired) electrons. The van der Waals surface area contributed by atoms with Crippen LogP contribution in [0.4, 0.5) is 0 Å². The summed E-state index contributed by atoms with van der Waals surface area (Å²) in [5.41, 5.74) is 2.19. The maximum Gasteiger partial charge on any atom is 0.424 e. The van der Waals surface area contributed by atoms with E-state index in [0.717, 1.165) is 11.3 Å². The van der Waals surface area contributed by atoms with Gasteiger partial charge in [-0.15, -0.1) is 0 Å². The van der Waals surface area contributed by atoms with Crippen molar-refractivity contribution in [2.24, 2.45) is 0 Å². The molecule has 1 aromatic carbocycles. The monoisotopic (exact) mass is 201 g/mol. The predicted molar refractivity (Wildman–Crippen MR) is 59.3 cm³/mol. The van der Waals surface area contributed by atoms with Crippen LogP contribution in [0.2, 0.25) is 0 Å². The summed E-state index contributed by atoms with van der Waals surface area (Å²) in [5.74, 6) is -0.450. The van der Waals surface area contributed by atoms with Crippen molar-refractivity contribution in [1.82, 2.24) is 4.57 Å². The van der Waals surface area contributed by atoms with Gasteiger partial charge in [0.05, 0.1) is 11.0 Å². The van der Waals surface area contributed by atoms with Crippen LogP contribution in [0.5, 0.6) is 0 Å². The Morgan fingerprint density at radius 3 is 2.27 bits per heavy atom. The van der Waals surface area contributed by atoms with Crippen molar-refractivity contribution in [1.29, 1.82) is 0 Å². The second-order valence-electron chi connectivity index (χ2n) is 3.41. The van der Waals surface area contributed by atoms with Crippen molar-refractivity contribution < 1.29 is 4.42 Å². The quantitative estimate of drug-likeness (QED) is 0.675. The zero-order chi connectivity index (χ0) is 11.0. The molecular formula is C12H11NO2. The minimum atomic E-state index is -0.450. The maximum absolute atomic E-state index is 11.5. The van der Waals surface area contributed by atoms with Gasteiger partial charge in [-0.2, -0.15) is 0 Å². The molecule has 76 valence electrons. The fraction of sp³-hybridized carbons (Fsp3) is 0.0833. The van der Waals surface area contributed by atoms with Crippen molar-refractivity contribution in [2.45, 2.75) is 6.92 Å². The molecular weight excluding hydrogens is 190 g/mol. The first-order valence-corrected chi connectivity index (χ1v) is 4.56. The van der Waals surface area contributed by atoms with Gasteiger partial charge >= 0.3 is 5.76 Å². The van der Waals surface area contributed by atoms with E-state index in [1.54, 1.807) is 0 Å². The Labute approximate surface area is 86.6 Å². The summed E-state index contributed by atoms with van der Waals surface area (Å²) < 4.78 is 6.27. The van der Waals surface area contributed by atoms with Crippen LogP contribution in [0.15, 0.2) is 33.5 Å². The average molecular weight is 201 g/mol. The van der Waals surface area contributed by atoms with Crippen LogP contribution < -0.4 is 16.5 Å². The molecule has 15 heavy (non-hydrogen) atoms. The van der Waals surface area contributed by atoms with Gasteiger partial charge in [0.15, 0.2) is 0 Å². The SMILES string of the molecule is C=c1oc(=O)n(-c2ccc(C)cc2)c1=C. The van der Waals surface area contributed by atoms with Gasteiger partial charge in [-0.1, -0.05) is 30.9 Å². The van der Waals surface area contributed by atoms with Gasteiger partial charge in [-0.3, -0.25) is 0 Å². The second kappa shape index (κ2) is 3.28. The molecule has 3 nitrogen and oxygen atoms in total. The topological polar surface area (TPSA) is 35.1 Å². The Bertz CT molecular complexity index is 632. The minimum Gasteiger partial charge on any atom is -0.408 e. The van der Waals surface area contributed by atoms with Crippen LogP contribution >= 0.6 is 0 Å². The van der Waals surface area contributed by atoms with E-state index in [4.69, 9.17) is 4.42 Å². The van der Waals surface area contributed by atoms with E-state index in [9.17, 15) is 4.79 Å². The van der Waals surface area contributed by atoms with Crippen molar-refractivity contribution in [3.05, 3.63) is 51.1 Å². The normalized spacial score (nSPS) is 10.5. The summed E-state index contributed by atoms with van der Waals surface area (Å²) in [5, 5.41) is 0.490. The van der Waals surface area contributed by atoms with E-state index < -0.39 is 5.76 Å². The number of benzene rings is 1. The smallest absolute Gasteiger partial charge is 0.408 e. The Balaban J connectivity index is 2.75. The fourth-order valence-electron chi connectivity index (χ4n) is 1.40. The highest BCUT2D eigenvalue weighted by molar-refractivity contribution is 5.34. The maximum atomic E-state index is 11.5. The highest BCUT2D eigenvalue weighted by Gasteiger charge is 2.04. The number of aromatic nitrogens is 1. The summed E-state index contributed by atoms with van der Waals surface area (Å²) in [7, 11) is 0. The molecule has 0 bridgehead atoms. The molecule has 2 aromatic rings. The zero-order valence-corrected chi connectivity index (χ0v) is 8.49. The second-order valence-corrected chi connectivity index (χ2v) is 3.41. The first kappa shape index (κ1) is 9.52. The summed E-state index contributed by atoms with van der Waals surface area (Å²) in [6.07, 6.45) is 0. The van der Waals surface area contributed by atoms with E-state index >= 15 is 0 Å². The molecule has 0 fully saturated rings. The van der Waals surface area contributed by atoms with Crippen molar-refractivity contribution in [3.8, 4) is 5.69 Å². The molecule has 0 atom stereocenters. The third-order valence-corrected chi connectivity index (χ3v) is 2.28. The molecule has 0 saturated heterocycles. The Hall–Kier alpha value is -2.03. The van der Waals surface area contributed by atoms with Crippen LogP contribution in [-0.4, -0.2) is 4.57 Å². The molecule has 1 aromatic heterocycles. The zero-order valence-electron chi connectivity index (χ0n) is 8.49. The first-order chi connectivity index (χ1) is 7.09. The average Bonchev–Trinajstić information content (AvgIpc) is 2.44. The van der Waals surface area contributed by atoms with Crippen LogP contribution in [0.25, 0.3) is 18.8 Å². The highest BCUT2D eigenvalue weighted by atomic mass is 16.4. The lowest BCUT2D eigenvalue weighted by atomic mass is 10.2. The van der Waals surface area contributed by atoms with Crippen molar-refractivity contribution >= 4 is 13.2 Å². The van der Waals surface area contributed by atoms with Crippen molar-refractivity contribution in [3.63, 3.8) is 0 Å². The van der Waals surface area contributed by atoms with Crippen LogP contribution in [0, 0.1) is 6.92 Å². The number of hydrogen-bond acceptors (Lipinski definition) is 2. The van der Waals surface area contributed by atoms with Gasteiger partial charge in [0.2, 0.25) is 0 Å². The van der Waals surface area contributed by atoms with E-state index in [2.05, 4.69) is 13.2 Å². The first-order valence-electron chi connectivity index (χ1n) is 4.56. The Morgan fingerprint density at radius 1 is 1.20 bits per heavy atom. The van der Waals surface area contributed by atoms with Gasteiger partial charge in [-0.05, 0) is 19.1 Å². The summed E-state index contributed by atoms with van der Waals surface area (Å²) >= 11 is 0. The molecule has 0 amide bonds. The molecule has 3 heteroatoms. The summed E-state index contributed by atoms with van der Waals surface area (Å²) in [6.45, 7) is 9.33. The van der Waals surface area contributed by atoms with Crippen LogP contribution in [0.1, 0.15) is 5.56 Å². The Morgan fingerprint density at radius 2 is 1.80 bits per heavy atom. The lowest BCUT2D eigenvalue weighted by Crippen LogP contribution is -2.28. The van der Waals surface area contributed by atoms with Gasteiger partial charge in [0.1, 0.15) is 5.42 Å². The number of hydrogen-bond donors (Lipinski definition) is 0. The van der Waals surface area contributed by atoms with Gasteiger partial charge in [0, 0.05) is 0 Å². The van der Waals surface area contributed by atoms with Gasteiger partial charge in [0.25, 0.3) is 0 Å². The summed E-state index contributed by atoms with van der Waals surface area (Å²) in [4.78, 5) is 11.5. The third kappa shape index (κ3) is 1.52. The standard InChI is InChI=1S/C12H11NO2/c1-8-4-6-11(7-5-8)13-9(2)10(3)15-12(13)14/h4-7H,2-3H2,1H3. The molecule has 0 saturated carbocycles. The largest absolute Gasteiger partial charge is 0.424 e. The molecule has 0 unspecified atom stereocenters. The highest BCUT2D eigenvalue weighted by Crippen LogP contribution is 2.04. The van der Waals surface area contributed by atoms with Crippen LogP contribution in [0.3, 0.4) is 0 Å². The lowest BCUT2D eigenvalue weighted by Gasteiger charge is -2.00. The molecule has 0 N–H and O–H groups in total. The number of nitrogens with zero attached hydrogens (tertiary/aromatic N) is 1. The van der Waals surface area contributed by atoms with Gasteiger partial charge < -0.3 is 4.42 Å². The molecule has 1 heterocycles. The molecule has 0 aliphatic heterocycles. The number of oxazole rings is 1. The van der Waals surface area contributed by atoms with E-state index in [1.165, 1.54) is 4.57 Å². The van der Waals surface area contributed by atoms with Crippen LogP contribution in [-0.2, 0) is 0 Å². The predicted octanol–water partition coefficient (Wildman–Crippen LogP) is 0.560.